The Hall–Kier alpha value is -5.09. The normalized spacial score (nSPS) is 12.9. The molecule has 0 bridgehead atoms. The molecule has 0 amide bonds. The van der Waals surface area contributed by atoms with Crippen LogP contribution in [0.15, 0.2) is 146 Å². The van der Waals surface area contributed by atoms with E-state index in [0.717, 1.165) is 22.8 Å². The van der Waals surface area contributed by atoms with Crippen LogP contribution in [0.1, 0.15) is 65.3 Å². The first kappa shape index (κ1) is 40.6. The van der Waals surface area contributed by atoms with Crippen molar-refractivity contribution >= 4 is 76.8 Å². The number of hydrogen-bond donors (Lipinski definition) is 0. The third-order valence-electron chi connectivity index (χ3n) is 9.99. The molecule has 0 heterocycles. The zero-order valence-electron chi connectivity index (χ0n) is 34.9. The maximum Gasteiger partial charge on any atom is 0.0775 e. The zero-order chi connectivity index (χ0) is 39.9. The summed E-state index contributed by atoms with van der Waals surface area (Å²) < 4.78 is 0. The molecule has 6 aromatic rings. The first-order valence-electron chi connectivity index (χ1n) is 19.7. The van der Waals surface area contributed by atoms with Gasteiger partial charge in [-0.1, -0.05) is 191 Å². The van der Waals surface area contributed by atoms with E-state index in [0.29, 0.717) is 0 Å². The van der Waals surface area contributed by atoms with E-state index in [4.69, 9.17) is 0 Å². The van der Waals surface area contributed by atoms with Crippen LogP contribution in [0.2, 0.25) is 19.6 Å². The van der Waals surface area contributed by atoms with E-state index in [1.54, 1.807) is 0 Å². The van der Waals surface area contributed by atoms with Gasteiger partial charge in [0.1, 0.15) is 0 Å². The predicted octanol–water partition coefficient (Wildman–Crippen LogP) is 14.7. The minimum absolute atomic E-state index is 0.150. The molecule has 56 heavy (non-hydrogen) atoms. The first-order chi connectivity index (χ1) is 26.6. The van der Waals surface area contributed by atoms with E-state index in [1.165, 1.54) is 49.7 Å². The number of nitrogens with zero attached hydrogens (tertiary/aromatic N) is 1. The van der Waals surface area contributed by atoms with E-state index in [9.17, 15) is 0 Å². The van der Waals surface area contributed by atoms with Crippen molar-refractivity contribution < 1.29 is 0 Å². The maximum absolute atomic E-state index is 2.39. The Labute approximate surface area is 340 Å². The zero-order valence-corrected chi connectivity index (χ0v) is 36.7. The Morgan fingerprint density at radius 3 is 1.00 bits per heavy atom. The summed E-state index contributed by atoms with van der Waals surface area (Å²) in [6.45, 7) is 13.9. The fourth-order valence-electron chi connectivity index (χ4n) is 6.64. The van der Waals surface area contributed by atoms with Crippen LogP contribution in [0.4, 0.5) is 17.1 Å². The van der Waals surface area contributed by atoms with E-state index in [-0.39, 0.29) is 5.41 Å². The van der Waals surface area contributed by atoms with Crippen LogP contribution in [0.25, 0.3) is 36.5 Å². The molecule has 6 aromatic carbocycles. The molecule has 0 fully saturated rings. The summed E-state index contributed by atoms with van der Waals surface area (Å²) in [4.78, 5) is 2.34. The smallest absolute Gasteiger partial charge is 0.0775 e. The Balaban J connectivity index is 1.23. The quantitative estimate of drug-likeness (QED) is 0.0885. The predicted molar refractivity (Wildman–Crippen MR) is 258 cm³/mol. The Kier molecular flexibility index (Phi) is 12.6. The summed E-state index contributed by atoms with van der Waals surface area (Å²) in [5, 5.41) is 1.49. The molecule has 0 saturated carbocycles. The second-order valence-corrected chi connectivity index (χ2v) is 27.4. The van der Waals surface area contributed by atoms with Gasteiger partial charge in [0.05, 0.1) is 8.07 Å². The maximum atomic E-state index is 2.39. The minimum atomic E-state index is -1.31. The van der Waals surface area contributed by atoms with Gasteiger partial charge >= 0.3 is 0 Å². The largest absolute Gasteiger partial charge is 0.311 e. The second kappa shape index (κ2) is 17.4. The lowest BCUT2D eigenvalue weighted by Crippen LogP contribution is -2.37. The molecule has 0 unspecified atom stereocenters. The highest BCUT2D eigenvalue weighted by Gasteiger charge is 2.16. The molecule has 0 N–H and O–H groups in total. The van der Waals surface area contributed by atoms with Crippen molar-refractivity contribution in [2.45, 2.75) is 51.6 Å². The standard InChI is InChI=1S/C53H59NSSi/c1-53(2,3)48-30-20-42(21-31-48)11-13-44-24-34-50(35-25-44)54(51-36-26-45(27-37-51)14-15-46-28-38-52(39-29-46)56(7,8)9)49-32-22-43(23-33-49)12-10-41-16-18-47(19-17-41)40-55(4,5)6/h10-39H,40H2,1-9H3/b12-10+,13-11+,15-14+. The summed E-state index contributed by atoms with van der Waals surface area (Å²) in [6, 6.07) is 53.6. The monoisotopic (exact) mass is 769 g/mol. The second-order valence-electron chi connectivity index (χ2n) is 17.8. The molecule has 0 spiro atoms. The van der Waals surface area contributed by atoms with Crippen molar-refractivity contribution in [2.75, 3.05) is 23.7 Å². The molecule has 0 aliphatic carbocycles. The molecule has 0 atom stereocenters. The van der Waals surface area contributed by atoms with E-state index >= 15 is 0 Å². The topological polar surface area (TPSA) is 3.24 Å². The van der Waals surface area contributed by atoms with Gasteiger partial charge < -0.3 is 4.90 Å². The Bertz CT molecular complexity index is 2140. The van der Waals surface area contributed by atoms with Gasteiger partial charge in [-0.3, -0.25) is 0 Å². The van der Waals surface area contributed by atoms with Gasteiger partial charge in [-0.05, 0) is 105 Å². The third kappa shape index (κ3) is 11.5. The highest BCUT2D eigenvalue weighted by atomic mass is 32.3. The lowest BCUT2D eigenvalue weighted by Gasteiger charge is -2.26. The van der Waals surface area contributed by atoms with Gasteiger partial charge in [0.2, 0.25) is 0 Å². The van der Waals surface area contributed by atoms with Crippen LogP contribution in [0, 0.1) is 0 Å². The van der Waals surface area contributed by atoms with Gasteiger partial charge in [-0.25, -0.2) is 10.0 Å². The van der Waals surface area contributed by atoms with Crippen molar-refractivity contribution in [1.82, 2.24) is 0 Å². The van der Waals surface area contributed by atoms with Crippen LogP contribution in [-0.2, 0) is 11.2 Å². The molecule has 0 aliphatic heterocycles. The highest BCUT2D eigenvalue weighted by molar-refractivity contribution is 8.31. The van der Waals surface area contributed by atoms with Gasteiger partial charge in [0.15, 0.2) is 0 Å². The fourth-order valence-corrected chi connectivity index (χ4v) is 9.00. The summed E-state index contributed by atoms with van der Waals surface area (Å²) >= 11 is 0. The molecule has 6 rings (SSSR count). The van der Waals surface area contributed by atoms with Crippen LogP contribution in [0.3, 0.4) is 0 Å². The lowest BCUT2D eigenvalue weighted by atomic mass is 9.87. The summed E-state index contributed by atoms with van der Waals surface area (Å²) in [7, 11) is -1.87. The first-order valence-corrected chi connectivity index (χ1v) is 26.2. The van der Waals surface area contributed by atoms with Crippen LogP contribution in [0.5, 0.6) is 0 Å². The van der Waals surface area contributed by atoms with Crippen LogP contribution in [-0.4, -0.2) is 26.8 Å². The minimum Gasteiger partial charge on any atom is -0.311 e. The SMILES string of the molecule is CC(C)(C)c1ccc(/C=C/c2ccc(N(c3ccc(/C=C/c4ccc(CS(C)(C)C)cc4)cc3)c3ccc(/C=C/c4ccc([Si](C)(C)C)cc4)cc3)cc2)cc1. The summed E-state index contributed by atoms with van der Waals surface area (Å²) in [5.41, 5.74) is 13.4. The van der Waals surface area contributed by atoms with Crippen molar-refractivity contribution in [2.24, 2.45) is 0 Å². The van der Waals surface area contributed by atoms with Crippen molar-refractivity contribution in [1.29, 1.82) is 0 Å². The molecule has 0 aliphatic rings. The molecular weight excluding hydrogens is 711 g/mol. The average molecular weight is 770 g/mol. The average Bonchev–Trinajstić information content (AvgIpc) is 3.17. The number of rotatable bonds is 12. The van der Waals surface area contributed by atoms with Gasteiger partial charge in [0.25, 0.3) is 0 Å². The summed E-state index contributed by atoms with van der Waals surface area (Å²) in [6.07, 6.45) is 20.3. The molecular formula is C53H59NSSi. The molecule has 0 saturated heterocycles. The van der Waals surface area contributed by atoms with E-state index in [2.05, 4.69) is 246 Å². The number of anilines is 3. The third-order valence-corrected chi connectivity index (χ3v) is 13.3. The van der Waals surface area contributed by atoms with Gasteiger partial charge in [-0.15, -0.1) is 0 Å². The molecule has 1 nitrogen and oxygen atoms in total. The Morgan fingerprint density at radius 2 is 0.714 bits per heavy atom. The fraction of sp³-hybridized carbons (Fsp3) is 0.208. The van der Waals surface area contributed by atoms with Crippen LogP contribution >= 0.6 is 10.0 Å². The number of hydrogen-bond acceptors (Lipinski definition) is 1. The summed E-state index contributed by atoms with van der Waals surface area (Å²) in [5.74, 6) is 1.16. The highest BCUT2D eigenvalue weighted by Crippen LogP contribution is 2.39. The lowest BCUT2D eigenvalue weighted by molar-refractivity contribution is 0.590. The molecule has 286 valence electrons. The van der Waals surface area contributed by atoms with Gasteiger partial charge in [0, 0.05) is 22.8 Å². The van der Waals surface area contributed by atoms with Crippen LogP contribution < -0.4 is 10.1 Å². The number of benzene rings is 6. The van der Waals surface area contributed by atoms with Crippen molar-refractivity contribution in [3.8, 4) is 0 Å². The van der Waals surface area contributed by atoms with Crippen molar-refractivity contribution in [3.63, 3.8) is 0 Å². The van der Waals surface area contributed by atoms with E-state index in [1.807, 2.05) is 0 Å². The van der Waals surface area contributed by atoms with E-state index < -0.39 is 18.1 Å². The van der Waals surface area contributed by atoms with Gasteiger partial charge in [-0.2, -0.15) is 0 Å². The van der Waals surface area contributed by atoms with Crippen molar-refractivity contribution in [3.05, 3.63) is 190 Å². The molecule has 0 aromatic heterocycles. The Morgan fingerprint density at radius 1 is 0.429 bits per heavy atom. The molecule has 3 heteroatoms. The molecule has 0 radical (unpaired) electrons.